The molecule has 1 aliphatic carbocycles. The van der Waals surface area contributed by atoms with Gasteiger partial charge in [0.25, 0.3) is 5.91 Å². The van der Waals surface area contributed by atoms with E-state index in [-0.39, 0.29) is 5.91 Å². The normalized spacial score (nSPS) is 16.4. The molecule has 16 heavy (non-hydrogen) atoms. The maximum absolute atomic E-state index is 11.6. The lowest BCUT2D eigenvalue weighted by molar-refractivity contribution is 0.0953. The minimum atomic E-state index is -0.197. The Morgan fingerprint density at radius 1 is 1.38 bits per heavy atom. The van der Waals surface area contributed by atoms with E-state index < -0.39 is 0 Å². The van der Waals surface area contributed by atoms with Crippen LogP contribution in [0.25, 0.3) is 0 Å². The van der Waals surface area contributed by atoms with Crippen LogP contribution in [0, 0.1) is 6.92 Å². The lowest BCUT2D eigenvalue weighted by Gasteiger charge is -2.15. The number of amides is 1. The molecule has 0 atom stereocenters. The fourth-order valence-electron chi connectivity index (χ4n) is 2.66. The monoisotopic (exact) mass is 218 g/mol. The first-order chi connectivity index (χ1) is 7.74. The van der Waals surface area contributed by atoms with Gasteiger partial charge >= 0.3 is 0 Å². The maximum atomic E-state index is 11.6. The highest BCUT2D eigenvalue weighted by Crippen LogP contribution is 2.36. The summed E-state index contributed by atoms with van der Waals surface area (Å²) in [5, 5.41) is 0. The first-order valence-electron chi connectivity index (χ1n) is 5.84. The summed E-state index contributed by atoms with van der Waals surface area (Å²) >= 11 is 0. The first-order valence-corrected chi connectivity index (χ1v) is 5.84. The zero-order valence-corrected chi connectivity index (χ0v) is 9.62. The fourth-order valence-corrected chi connectivity index (χ4v) is 2.66. The minimum Gasteiger partial charge on any atom is -0.290 e. The zero-order chi connectivity index (χ0) is 11.5. The van der Waals surface area contributed by atoms with Gasteiger partial charge in [-0.1, -0.05) is 25.0 Å². The van der Waals surface area contributed by atoms with Crippen LogP contribution in [-0.2, 0) is 0 Å². The van der Waals surface area contributed by atoms with Crippen LogP contribution in [0.5, 0.6) is 0 Å². The highest BCUT2D eigenvalue weighted by atomic mass is 16.2. The van der Waals surface area contributed by atoms with Crippen molar-refractivity contribution in [3.05, 3.63) is 34.9 Å². The molecule has 3 N–H and O–H groups in total. The fraction of sp³-hybridized carbons (Fsp3) is 0.462. The number of carbonyl (C=O) groups excluding carboxylic acids is 1. The summed E-state index contributed by atoms with van der Waals surface area (Å²) in [6.07, 6.45) is 5.10. The van der Waals surface area contributed by atoms with Crippen LogP contribution in [0.3, 0.4) is 0 Å². The van der Waals surface area contributed by atoms with Crippen molar-refractivity contribution in [3.63, 3.8) is 0 Å². The van der Waals surface area contributed by atoms with Crippen LogP contribution in [0.1, 0.15) is 53.1 Å². The molecular weight excluding hydrogens is 200 g/mol. The number of benzene rings is 1. The number of nitrogen functional groups attached to an aromatic ring is 1. The quantitative estimate of drug-likeness (QED) is 0.454. The van der Waals surface area contributed by atoms with Crippen molar-refractivity contribution in [2.45, 2.75) is 38.5 Å². The highest BCUT2D eigenvalue weighted by molar-refractivity contribution is 5.95. The number of nitrogens with one attached hydrogen (secondary N) is 1. The smallest absolute Gasteiger partial charge is 0.265 e. The molecule has 1 saturated carbocycles. The summed E-state index contributed by atoms with van der Waals surface area (Å²) in [7, 11) is 0. The van der Waals surface area contributed by atoms with E-state index in [1.807, 2.05) is 19.1 Å². The number of carbonyl (C=O) groups is 1. The second kappa shape index (κ2) is 4.66. The average Bonchev–Trinajstić information content (AvgIpc) is 2.82. The van der Waals surface area contributed by atoms with E-state index in [0.29, 0.717) is 11.5 Å². The van der Waals surface area contributed by atoms with Crippen molar-refractivity contribution in [3.8, 4) is 0 Å². The van der Waals surface area contributed by atoms with E-state index in [9.17, 15) is 4.79 Å². The van der Waals surface area contributed by atoms with Gasteiger partial charge in [0.2, 0.25) is 0 Å². The summed E-state index contributed by atoms with van der Waals surface area (Å²) in [6.45, 7) is 2.01. The van der Waals surface area contributed by atoms with Crippen LogP contribution in [0.15, 0.2) is 18.2 Å². The third-order valence-corrected chi connectivity index (χ3v) is 3.55. The summed E-state index contributed by atoms with van der Waals surface area (Å²) in [6, 6.07) is 5.92. The molecule has 0 spiro atoms. The van der Waals surface area contributed by atoms with Crippen molar-refractivity contribution < 1.29 is 4.79 Å². The number of hydrazine groups is 1. The largest absolute Gasteiger partial charge is 0.290 e. The topological polar surface area (TPSA) is 55.1 Å². The third kappa shape index (κ3) is 1.95. The molecule has 0 bridgehead atoms. The molecule has 3 heteroatoms. The summed E-state index contributed by atoms with van der Waals surface area (Å²) < 4.78 is 0. The predicted molar refractivity (Wildman–Crippen MR) is 64.0 cm³/mol. The van der Waals surface area contributed by atoms with Gasteiger partial charge in [0, 0.05) is 5.56 Å². The summed E-state index contributed by atoms with van der Waals surface area (Å²) in [5.41, 5.74) is 5.30. The Morgan fingerprint density at radius 3 is 2.69 bits per heavy atom. The van der Waals surface area contributed by atoms with Gasteiger partial charge in [-0.25, -0.2) is 5.84 Å². The zero-order valence-electron chi connectivity index (χ0n) is 9.62. The van der Waals surface area contributed by atoms with Gasteiger partial charge in [0.05, 0.1) is 0 Å². The van der Waals surface area contributed by atoms with E-state index in [4.69, 9.17) is 5.84 Å². The Hall–Kier alpha value is -1.35. The first kappa shape index (κ1) is 11.1. The molecule has 0 radical (unpaired) electrons. The van der Waals surface area contributed by atoms with Crippen molar-refractivity contribution in [2.75, 3.05) is 0 Å². The Labute approximate surface area is 96.0 Å². The van der Waals surface area contributed by atoms with E-state index in [1.165, 1.54) is 31.2 Å². The van der Waals surface area contributed by atoms with Gasteiger partial charge in [-0.15, -0.1) is 0 Å². The van der Waals surface area contributed by atoms with Gasteiger partial charge in [-0.05, 0) is 42.9 Å². The Bertz CT molecular complexity index is 395. The number of rotatable bonds is 2. The maximum Gasteiger partial charge on any atom is 0.265 e. The lowest BCUT2D eigenvalue weighted by atomic mass is 9.90. The van der Waals surface area contributed by atoms with Gasteiger partial charge in [-0.3, -0.25) is 10.2 Å². The van der Waals surface area contributed by atoms with Crippen LogP contribution in [-0.4, -0.2) is 5.91 Å². The second-order valence-corrected chi connectivity index (χ2v) is 4.47. The molecule has 2 rings (SSSR count). The third-order valence-electron chi connectivity index (χ3n) is 3.55. The van der Waals surface area contributed by atoms with Gasteiger partial charge in [0.1, 0.15) is 0 Å². The van der Waals surface area contributed by atoms with Crippen molar-refractivity contribution >= 4 is 5.91 Å². The molecule has 86 valence electrons. The molecule has 1 fully saturated rings. The molecule has 1 aliphatic rings. The number of nitrogens with two attached hydrogens (primary N) is 1. The van der Waals surface area contributed by atoms with E-state index in [0.717, 1.165) is 5.56 Å². The molecule has 0 aliphatic heterocycles. The van der Waals surface area contributed by atoms with Crippen LogP contribution in [0.4, 0.5) is 0 Å². The second-order valence-electron chi connectivity index (χ2n) is 4.47. The SMILES string of the molecule is Cc1c(C(=O)NN)cccc1C1CCCC1. The summed E-state index contributed by atoms with van der Waals surface area (Å²) in [5.74, 6) is 5.61. The van der Waals surface area contributed by atoms with Crippen molar-refractivity contribution in [2.24, 2.45) is 5.84 Å². The molecule has 0 unspecified atom stereocenters. The van der Waals surface area contributed by atoms with Crippen LogP contribution < -0.4 is 11.3 Å². The average molecular weight is 218 g/mol. The van der Waals surface area contributed by atoms with Crippen molar-refractivity contribution in [1.29, 1.82) is 0 Å². The Morgan fingerprint density at radius 2 is 2.06 bits per heavy atom. The molecule has 1 aromatic carbocycles. The van der Waals surface area contributed by atoms with Crippen molar-refractivity contribution in [1.82, 2.24) is 5.43 Å². The summed E-state index contributed by atoms with van der Waals surface area (Å²) in [4.78, 5) is 11.6. The molecule has 3 nitrogen and oxygen atoms in total. The molecule has 0 saturated heterocycles. The lowest BCUT2D eigenvalue weighted by Crippen LogP contribution is -2.30. The molecule has 0 aromatic heterocycles. The molecule has 0 heterocycles. The Kier molecular flexibility index (Phi) is 3.25. The number of hydrogen-bond acceptors (Lipinski definition) is 2. The van der Waals surface area contributed by atoms with E-state index in [2.05, 4.69) is 11.5 Å². The van der Waals surface area contributed by atoms with E-state index >= 15 is 0 Å². The highest BCUT2D eigenvalue weighted by Gasteiger charge is 2.20. The predicted octanol–water partition coefficient (Wildman–Crippen LogP) is 2.26. The van der Waals surface area contributed by atoms with Gasteiger partial charge in [0.15, 0.2) is 0 Å². The molecular formula is C13H18N2O. The van der Waals surface area contributed by atoms with Gasteiger partial charge in [-0.2, -0.15) is 0 Å². The van der Waals surface area contributed by atoms with Crippen LogP contribution >= 0.6 is 0 Å². The van der Waals surface area contributed by atoms with Crippen LogP contribution in [0.2, 0.25) is 0 Å². The van der Waals surface area contributed by atoms with E-state index in [1.54, 1.807) is 0 Å². The molecule has 1 aromatic rings. The van der Waals surface area contributed by atoms with Gasteiger partial charge < -0.3 is 0 Å². The number of hydrogen-bond donors (Lipinski definition) is 2. The molecule has 1 amide bonds. The standard InChI is InChI=1S/C13H18N2O/c1-9-11(10-5-2-3-6-10)7-4-8-12(9)13(16)15-14/h4,7-8,10H,2-3,5-6,14H2,1H3,(H,15,16). The minimum absolute atomic E-state index is 0.197. The Balaban J connectivity index is 2.35.